The Balaban J connectivity index is 2.06. The molecule has 0 aromatic rings. The van der Waals surface area contributed by atoms with Crippen molar-refractivity contribution in [3.05, 3.63) is 0 Å². The second-order valence-electron chi connectivity index (χ2n) is 5.01. The fraction of sp³-hybridized carbons (Fsp3) is 0.846. The average molecular weight is 272 g/mol. The van der Waals surface area contributed by atoms with Crippen molar-refractivity contribution in [1.29, 1.82) is 0 Å². The van der Waals surface area contributed by atoms with E-state index in [0.29, 0.717) is 32.6 Å². The summed E-state index contributed by atoms with van der Waals surface area (Å²) in [7, 11) is 0. The van der Waals surface area contributed by atoms with Crippen molar-refractivity contribution in [3.63, 3.8) is 0 Å². The number of hydrogen-bond donors (Lipinski definition) is 3. The second kappa shape index (κ2) is 7.99. The number of hydrogen-bond acceptors (Lipinski definition) is 3. The molecular weight excluding hydrogens is 248 g/mol. The van der Waals surface area contributed by atoms with Gasteiger partial charge in [0, 0.05) is 19.7 Å². The molecular formula is C13H24N2O4. The zero-order chi connectivity index (χ0) is 14.1. The van der Waals surface area contributed by atoms with Crippen LogP contribution in [0.2, 0.25) is 0 Å². The molecule has 0 atom stereocenters. The first-order valence-corrected chi connectivity index (χ1v) is 6.93. The van der Waals surface area contributed by atoms with Gasteiger partial charge in [0.25, 0.3) is 0 Å². The van der Waals surface area contributed by atoms with Gasteiger partial charge < -0.3 is 20.5 Å². The van der Waals surface area contributed by atoms with Crippen LogP contribution in [0, 0.1) is 5.41 Å². The molecule has 6 nitrogen and oxygen atoms in total. The predicted octanol–water partition coefficient (Wildman–Crippen LogP) is 1.36. The molecule has 0 aliphatic heterocycles. The molecule has 6 heteroatoms. The minimum atomic E-state index is -0.818. The van der Waals surface area contributed by atoms with Crippen molar-refractivity contribution in [3.8, 4) is 0 Å². The number of nitrogens with one attached hydrogen (secondary N) is 2. The SMILES string of the molecule is CCCCOCCNC(=O)NCC1(C(=O)O)CCC1. The van der Waals surface area contributed by atoms with Gasteiger partial charge in [-0.05, 0) is 19.3 Å². The van der Waals surface area contributed by atoms with E-state index in [1.165, 1.54) is 0 Å². The summed E-state index contributed by atoms with van der Waals surface area (Å²) in [6.07, 6.45) is 4.31. The molecule has 1 rings (SSSR count). The Labute approximate surface area is 113 Å². The van der Waals surface area contributed by atoms with Crippen molar-refractivity contribution in [2.75, 3.05) is 26.3 Å². The molecule has 0 radical (unpaired) electrons. The van der Waals surface area contributed by atoms with Crippen molar-refractivity contribution in [2.24, 2.45) is 5.41 Å². The third-order valence-corrected chi connectivity index (χ3v) is 3.53. The van der Waals surface area contributed by atoms with E-state index in [0.717, 1.165) is 19.3 Å². The molecule has 0 bridgehead atoms. The van der Waals surface area contributed by atoms with Crippen molar-refractivity contribution in [2.45, 2.75) is 39.0 Å². The van der Waals surface area contributed by atoms with Crippen molar-refractivity contribution >= 4 is 12.0 Å². The summed E-state index contributed by atoms with van der Waals surface area (Å²) in [5.74, 6) is -0.818. The van der Waals surface area contributed by atoms with E-state index in [9.17, 15) is 9.59 Å². The van der Waals surface area contributed by atoms with Gasteiger partial charge in [0.1, 0.15) is 0 Å². The smallest absolute Gasteiger partial charge is 0.314 e. The Morgan fingerprint density at radius 1 is 1.26 bits per heavy atom. The third kappa shape index (κ3) is 5.06. The van der Waals surface area contributed by atoms with Gasteiger partial charge in [-0.3, -0.25) is 4.79 Å². The topological polar surface area (TPSA) is 87.7 Å². The van der Waals surface area contributed by atoms with Crippen LogP contribution < -0.4 is 10.6 Å². The lowest BCUT2D eigenvalue weighted by Crippen LogP contribution is -2.50. The number of carbonyl (C=O) groups is 2. The zero-order valence-corrected chi connectivity index (χ0v) is 11.5. The first kappa shape index (κ1) is 15.8. The summed E-state index contributed by atoms with van der Waals surface area (Å²) in [6.45, 7) is 3.92. The Morgan fingerprint density at radius 2 is 2.00 bits per heavy atom. The highest BCUT2D eigenvalue weighted by molar-refractivity contribution is 5.78. The van der Waals surface area contributed by atoms with E-state index >= 15 is 0 Å². The number of amides is 2. The Morgan fingerprint density at radius 3 is 2.53 bits per heavy atom. The first-order valence-electron chi connectivity index (χ1n) is 6.93. The van der Waals surface area contributed by atoms with Crippen LogP contribution in [0.1, 0.15) is 39.0 Å². The largest absolute Gasteiger partial charge is 0.481 e. The Bertz CT molecular complexity index is 303. The minimum absolute atomic E-state index is 0.199. The summed E-state index contributed by atoms with van der Waals surface area (Å²) >= 11 is 0. The van der Waals surface area contributed by atoms with Gasteiger partial charge in [-0.2, -0.15) is 0 Å². The van der Waals surface area contributed by atoms with Gasteiger partial charge in [0.05, 0.1) is 12.0 Å². The molecule has 0 spiro atoms. The predicted molar refractivity (Wildman–Crippen MR) is 71.0 cm³/mol. The van der Waals surface area contributed by atoms with Crippen LogP contribution in [-0.2, 0) is 9.53 Å². The van der Waals surface area contributed by atoms with Gasteiger partial charge in [-0.1, -0.05) is 19.8 Å². The number of unbranched alkanes of at least 4 members (excludes halogenated alkanes) is 1. The van der Waals surface area contributed by atoms with Crippen LogP contribution in [0.5, 0.6) is 0 Å². The molecule has 1 fully saturated rings. The maximum atomic E-state index is 11.5. The number of rotatable bonds is 9. The lowest BCUT2D eigenvalue weighted by Gasteiger charge is -2.37. The average Bonchev–Trinajstić information content (AvgIpc) is 2.31. The van der Waals surface area contributed by atoms with Crippen molar-refractivity contribution in [1.82, 2.24) is 10.6 Å². The molecule has 0 unspecified atom stereocenters. The monoisotopic (exact) mass is 272 g/mol. The molecule has 1 aliphatic rings. The lowest BCUT2D eigenvalue weighted by atomic mass is 9.69. The molecule has 0 heterocycles. The Kier molecular flexibility index (Phi) is 6.62. The first-order chi connectivity index (χ1) is 9.10. The summed E-state index contributed by atoms with van der Waals surface area (Å²) in [6, 6.07) is -0.327. The summed E-state index contributed by atoms with van der Waals surface area (Å²) in [5.41, 5.74) is -0.741. The summed E-state index contributed by atoms with van der Waals surface area (Å²) < 4.78 is 5.30. The number of ether oxygens (including phenoxy) is 1. The van der Waals surface area contributed by atoms with Gasteiger partial charge in [-0.15, -0.1) is 0 Å². The molecule has 1 saturated carbocycles. The number of carboxylic acid groups (broad SMARTS) is 1. The molecule has 110 valence electrons. The molecule has 0 aromatic carbocycles. The van der Waals surface area contributed by atoms with E-state index in [4.69, 9.17) is 9.84 Å². The fourth-order valence-corrected chi connectivity index (χ4v) is 1.97. The van der Waals surface area contributed by atoms with Crippen molar-refractivity contribution < 1.29 is 19.4 Å². The second-order valence-corrected chi connectivity index (χ2v) is 5.01. The molecule has 0 saturated heterocycles. The Hall–Kier alpha value is -1.30. The normalized spacial score (nSPS) is 16.5. The van der Waals surface area contributed by atoms with Crippen LogP contribution >= 0.6 is 0 Å². The number of carboxylic acids is 1. The summed E-state index contributed by atoms with van der Waals surface area (Å²) in [5, 5.41) is 14.4. The lowest BCUT2D eigenvalue weighted by molar-refractivity contribution is -0.153. The minimum Gasteiger partial charge on any atom is -0.481 e. The molecule has 2 amide bonds. The van der Waals surface area contributed by atoms with Gasteiger partial charge >= 0.3 is 12.0 Å². The zero-order valence-electron chi connectivity index (χ0n) is 11.5. The van der Waals surface area contributed by atoms with E-state index in [1.807, 2.05) is 0 Å². The van der Waals surface area contributed by atoms with Gasteiger partial charge in [-0.25, -0.2) is 4.79 Å². The highest BCUT2D eigenvalue weighted by atomic mass is 16.5. The standard InChI is InChI=1S/C13H24N2O4/c1-2-3-8-19-9-7-14-12(18)15-10-13(11(16)17)5-4-6-13/h2-10H2,1H3,(H,16,17)(H2,14,15,18). The number of urea groups is 1. The van der Waals surface area contributed by atoms with Crippen LogP contribution in [0.4, 0.5) is 4.79 Å². The fourth-order valence-electron chi connectivity index (χ4n) is 1.97. The van der Waals surface area contributed by atoms with E-state index in [2.05, 4.69) is 17.6 Å². The van der Waals surface area contributed by atoms with Crippen LogP contribution in [0.3, 0.4) is 0 Å². The van der Waals surface area contributed by atoms with E-state index < -0.39 is 11.4 Å². The molecule has 0 aromatic heterocycles. The molecule has 1 aliphatic carbocycles. The van der Waals surface area contributed by atoms with Crippen LogP contribution in [0.25, 0.3) is 0 Å². The number of aliphatic carboxylic acids is 1. The van der Waals surface area contributed by atoms with Crippen LogP contribution in [-0.4, -0.2) is 43.4 Å². The maximum absolute atomic E-state index is 11.5. The highest BCUT2D eigenvalue weighted by Crippen LogP contribution is 2.40. The quantitative estimate of drug-likeness (QED) is 0.553. The third-order valence-electron chi connectivity index (χ3n) is 3.53. The summed E-state index contributed by atoms with van der Waals surface area (Å²) in [4.78, 5) is 22.6. The van der Waals surface area contributed by atoms with Gasteiger partial charge in [0.15, 0.2) is 0 Å². The molecule has 19 heavy (non-hydrogen) atoms. The highest BCUT2D eigenvalue weighted by Gasteiger charge is 2.44. The van der Waals surface area contributed by atoms with E-state index in [1.54, 1.807) is 0 Å². The van der Waals surface area contributed by atoms with Crippen LogP contribution in [0.15, 0.2) is 0 Å². The number of carbonyl (C=O) groups excluding carboxylic acids is 1. The van der Waals surface area contributed by atoms with E-state index in [-0.39, 0.29) is 12.6 Å². The maximum Gasteiger partial charge on any atom is 0.314 e. The molecule has 3 N–H and O–H groups in total. The van der Waals surface area contributed by atoms with Gasteiger partial charge in [0.2, 0.25) is 0 Å².